The molecule has 1 rings (SSSR count). The van der Waals surface area contributed by atoms with Gasteiger partial charge < -0.3 is 20.6 Å². The number of likely N-dealkylation sites (N-methyl/N-ethyl adjacent to an activating group) is 1. The number of nitrogens with one attached hydrogen (secondary N) is 2. The van der Waals surface area contributed by atoms with Crippen LogP contribution in [0.4, 0.5) is 11.4 Å². The third-order valence-electron chi connectivity index (χ3n) is 3.12. The second kappa shape index (κ2) is 8.26. The van der Waals surface area contributed by atoms with Crippen molar-refractivity contribution in [3.05, 3.63) is 24.3 Å². The first kappa shape index (κ1) is 17.0. The molecule has 0 spiro atoms. The van der Waals surface area contributed by atoms with Crippen LogP contribution in [0.25, 0.3) is 0 Å². The van der Waals surface area contributed by atoms with E-state index in [1.807, 2.05) is 19.9 Å². The van der Waals surface area contributed by atoms with Crippen LogP contribution in [-0.4, -0.2) is 47.6 Å². The number of aliphatic hydroxyl groups excluding tert-OH is 1. The summed E-state index contributed by atoms with van der Waals surface area (Å²) in [6.07, 6.45) is 0. The van der Waals surface area contributed by atoms with Gasteiger partial charge >= 0.3 is 0 Å². The lowest BCUT2D eigenvalue weighted by atomic mass is 10.2. The lowest BCUT2D eigenvalue weighted by molar-refractivity contribution is -0.131. The standard InChI is InChI=1S/C15H23N3O3/c1-4-18(5-2)15(21)11(3)16-12-7-6-8-13(9-12)17-14(20)10-19/h6-9,11,16,19H,4-5,10H2,1-3H3,(H,17,20)/t11-/m0/s1. The summed E-state index contributed by atoms with van der Waals surface area (Å²) in [5.74, 6) is -0.441. The molecule has 0 aliphatic carbocycles. The fourth-order valence-electron chi connectivity index (χ4n) is 2.01. The van der Waals surface area contributed by atoms with E-state index in [1.54, 1.807) is 30.0 Å². The first-order valence-corrected chi connectivity index (χ1v) is 7.07. The van der Waals surface area contributed by atoms with Crippen LogP contribution >= 0.6 is 0 Å². The number of nitrogens with zero attached hydrogens (tertiary/aromatic N) is 1. The Morgan fingerprint density at radius 2 is 1.86 bits per heavy atom. The molecule has 0 radical (unpaired) electrons. The molecular weight excluding hydrogens is 270 g/mol. The largest absolute Gasteiger partial charge is 0.387 e. The zero-order valence-corrected chi connectivity index (χ0v) is 12.7. The minimum absolute atomic E-state index is 0.0322. The molecule has 0 fully saturated rings. The normalized spacial score (nSPS) is 11.6. The SMILES string of the molecule is CCN(CC)C(=O)[C@H](C)Nc1cccc(NC(=O)CO)c1. The number of benzene rings is 1. The summed E-state index contributed by atoms with van der Waals surface area (Å²) in [5, 5.41) is 14.4. The van der Waals surface area contributed by atoms with Gasteiger partial charge in [0.25, 0.3) is 0 Å². The van der Waals surface area contributed by atoms with E-state index in [2.05, 4.69) is 10.6 Å². The van der Waals surface area contributed by atoms with Crippen molar-refractivity contribution in [3.63, 3.8) is 0 Å². The molecule has 3 N–H and O–H groups in total. The van der Waals surface area contributed by atoms with E-state index in [4.69, 9.17) is 5.11 Å². The van der Waals surface area contributed by atoms with E-state index in [1.165, 1.54) is 0 Å². The molecule has 0 aromatic heterocycles. The smallest absolute Gasteiger partial charge is 0.250 e. The topological polar surface area (TPSA) is 81.7 Å². The summed E-state index contributed by atoms with van der Waals surface area (Å²) in [7, 11) is 0. The third-order valence-corrected chi connectivity index (χ3v) is 3.12. The molecule has 6 nitrogen and oxygen atoms in total. The first-order valence-electron chi connectivity index (χ1n) is 7.07. The fraction of sp³-hybridized carbons (Fsp3) is 0.467. The predicted octanol–water partition coefficient (Wildman–Crippen LogP) is 1.29. The van der Waals surface area contributed by atoms with Crippen molar-refractivity contribution in [2.24, 2.45) is 0 Å². The molecule has 0 heterocycles. The molecule has 2 amide bonds. The van der Waals surface area contributed by atoms with Crippen molar-refractivity contribution in [1.29, 1.82) is 0 Å². The second-order valence-corrected chi connectivity index (χ2v) is 4.66. The minimum Gasteiger partial charge on any atom is -0.387 e. The molecule has 1 atom stereocenters. The Hall–Kier alpha value is -2.08. The Bertz CT molecular complexity index is 487. The van der Waals surface area contributed by atoms with Gasteiger partial charge in [-0.15, -0.1) is 0 Å². The van der Waals surface area contributed by atoms with Gasteiger partial charge in [-0.05, 0) is 39.0 Å². The number of hydrogen-bond acceptors (Lipinski definition) is 4. The molecule has 0 bridgehead atoms. The van der Waals surface area contributed by atoms with Crippen molar-refractivity contribution < 1.29 is 14.7 Å². The average Bonchev–Trinajstić information content (AvgIpc) is 2.48. The van der Waals surface area contributed by atoms with Crippen LogP contribution in [0.2, 0.25) is 0 Å². The zero-order chi connectivity index (χ0) is 15.8. The molecule has 1 aromatic rings. The molecule has 116 valence electrons. The van der Waals surface area contributed by atoms with E-state index in [0.717, 1.165) is 5.69 Å². The summed E-state index contributed by atoms with van der Waals surface area (Å²) in [5.41, 5.74) is 1.31. The number of carbonyl (C=O) groups is 2. The Balaban J connectivity index is 2.72. The zero-order valence-electron chi connectivity index (χ0n) is 12.7. The molecule has 0 saturated heterocycles. The summed E-state index contributed by atoms with van der Waals surface area (Å²) >= 11 is 0. The van der Waals surface area contributed by atoms with Gasteiger partial charge in [0.2, 0.25) is 11.8 Å². The summed E-state index contributed by atoms with van der Waals surface area (Å²) in [6, 6.07) is 6.67. The summed E-state index contributed by atoms with van der Waals surface area (Å²) in [6.45, 7) is 6.48. The van der Waals surface area contributed by atoms with Gasteiger partial charge in [0.1, 0.15) is 12.6 Å². The van der Waals surface area contributed by atoms with Crippen molar-refractivity contribution in [3.8, 4) is 0 Å². The highest BCUT2D eigenvalue weighted by Crippen LogP contribution is 2.16. The third kappa shape index (κ3) is 5.07. The Morgan fingerprint density at radius 3 is 2.43 bits per heavy atom. The van der Waals surface area contributed by atoms with E-state index in [9.17, 15) is 9.59 Å². The average molecular weight is 293 g/mol. The highest BCUT2D eigenvalue weighted by Gasteiger charge is 2.17. The van der Waals surface area contributed by atoms with E-state index >= 15 is 0 Å². The maximum Gasteiger partial charge on any atom is 0.250 e. The maximum atomic E-state index is 12.2. The van der Waals surface area contributed by atoms with Crippen LogP contribution in [0.15, 0.2) is 24.3 Å². The number of hydrogen-bond donors (Lipinski definition) is 3. The molecule has 0 unspecified atom stereocenters. The van der Waals surface area contributed by atoms with Gasteiger partial charge in [-0.3, -0.25) is 9.59 Å². The highest BCUT2D eigenvalue weighted by atomic mass is 16.3. The second-order valence-electron chi connectivity index (χ2n) is 4.66. The first-order chi connectivity index (χ1) is 10.0. The lowest BCUT2D eigenvalue weighted by Crippen LogP contribution is -2.41. The highest BCUT2D eigenvalue weighted by molar-refractivity contribution is 5.92. The van der Waals surface area contributed by atoms with Crippen molar-refractivity contribution in [2.75, 3.05) is 30.3 Å². The van der Waals surface area contributed by atoms with Gasteiger partial charge in [-0.1, -0.05) is 6.07 Å². The van der Waals surface area contributed by atoms with Crippen LogP contribution in [0.3, 0.4) is 0 Å². The maximum absolute atomic E-state index is 12.2. The Morgan fingerprint density at radius 1 is 1.24 bits per heavy atom. The van der Waals surface area contributed by atoms with Gasteiger partial charge in [0.05, 0.1) is 0 Å². The molecule has 0 saturated carbocycles. The van der Waals surface area contributed by atoms with Crippen LogP contribution in [0.1, 0.15) is 20.8 Å². The van der Waals surface area contributed by atoms with Gasteiger partial charge in [-0.2, -0.15) is 0 Å². The Labute approximate surface area is 125 Å². The summed E-state index contributed by atoms with van der Waals surface area (Å²) < 4.78 is 0. The fourth-order valence-corrected chi connectivity index (χ4v) is 2.01. The minimum atomic E-state index is -0.561. The van der Waals surface area contributed by atoms with Crippen molar-refractivity contribution in [1.82, 2.24) is 4.90 Å². The van der Waals surface area contributed by atoms with Gasteiger partial charge in [0.15, 0.2) is 0 Å². The molecule has 0 aliphatic heterocycles. The van der Waals surface area contributed by atoms with E-state index < -0.39 is 12.5 Å². The number of rotatable bonds is 7. The quantitative estimate of drug-likeness (QED) is 0.707. The molecular formula is C15H23N3O3. The molecule has 0 aliphatic rings. The van der Waals surface area contributed by atoms with Crippen molar-refractivity contribution in [2.45, 2.75) is 26.8 Å². The van der Waals surface area contributed by atoms with Gasteiger partial charge in [-0.25, -0.2) is 0 Å². The van der Waals surface area contributed by atoms with Gasteiger partial charge in [0, 0.05) is 24.5 Å². The Kier molecular flexibility index (Phi) is 6.68. The lowest BCUT2D eigenvalue weighted by Gasteiger charge is -2.24. The summed E-state index contributed by atoms with van der Waals surface area (Å²) in [4.78, 5) is 25.1. The number of aliphatic hydroxyl groups is 1. The van der Waals surface area contributed by atoms with Crippen LogP contribution in [-0.2, 0) is 9.59 Å². The van der Waals surface area contributed by atoms with Crippen LogP contribution < -0.4 is 10.6 Å². The number of carbonyl (C=O) groups excluding carboxylic acids is 2. The van der Waals surface area contributed by atoms with Crippen LogP contribution in [0, 0.1) is 0 Å². The van der Waals surface area contributed by atoms with Crippen molar-refractivity contribution >= 4 is 23.2 Å². The van der Waals surface area contributed by atoms with E-state index in [-0.39, 0.29) is 11.9 Å². The number of amides is 2. The molecule has 1 aromatic carbocycles. The molecule has 6 heteroatoms. The monoisotopic (exact) mass is 293 g/mol. The molecule has 21 heavy (non-hydrogen) atoms. The predicted molar refractivity (Wildman–Crippen MR) is 83.2 cm³/mol. The van der Waals surface area contributed by atoms with Crippen LogP contribution in [0.5, 0.6) is 0 Å². The number of anilines is 2. The van der Waals surface area contributed by atoms with E-state index in [0.29, 0.717) is 18.8 Å².